The van der Waals surface area contributed by atoms with Crippen molar-refractivity contribution in [3.8, 4) is 5.75 Å². The molecule has 0 saturated carbocycles. The van der Waals surface area contributed by atoms with Crippen LogP contribution in [0.25, 0.3) is 0 Å². The van der Waals surface area contributed by atoms with E-state index in [1.165, 1.54) is 11.1 Å². The summed E-state index contributed by atoms with van der Waals surface area (Å²) in [4.78, 5) is 0. The predicted molar refractivity (Wildman–Crippen MR) is 120 cm³/mol. The van der Waals surface area contributed by atoms with E-state index >= 15 is 0 Å². The van der Waals surface area contributed by atoms with Gasteiger partial charge in [0.2, 0.25) is 0 Å². The average molecular weight is 423 g/mol. The maximum absolute atomic E-state index is 6.49. The Hall–Kier alpha value is -2.33. The Morgan fingerprint density at radius 3 is 2.53 bits per heavy atom. The first-order chi connectivity index (χ1) is 14.7. The van der Waals surface area contributed by atoms with Gasteiger partial charge in [-0.05, 0) is 53.8 Å². The van der Waals surface area contributed by atoms with Crippen molar-refractivity contribution in [2.75, 3.05) is 13.2 Å². The third-order valence-electron chi connectivity index (χ3n) is 5.36. The molecule has 3 aromatic rings. The number of hydrogen-bond donors (Lipinski definition) is 0. The molecule has 0 aliphatic carbocycles. The zero-order chi connectivity index (χ0) is 20.8. The normalized spacial score (nSPS) is 18.5. The van der Waals surface area contributed by atoms with E-state index in [0.717, 1.165) is 34.7 Å². The summed E-state index contributed by atoms with van der Waals surface area (Å²) >= 11 is 6.49. The molecule has 156 valence electrons. The molecule has 0 spiro atoms. The van der Waals surface area contributed by atoms with E-state index in [-0.39, 0.29) is 12.2 Å². The highest BCUT2D eigenvalue weighted by Crippen LogP contribution is 2.33. The Bertz CT molecular complexity index is 940. The molecule has 1 heterocycles. The fourth-order valence-corrected chi connectivity index (χ4v) is 3.94. The SMILES string of the molecule is CCOc1ccc(Cc2cc(C3CC(OCc4ccccc4)CO3)ccc2Cl)cc1. The van der Waals surface area contributed by atoms with E-state index < -0.39 is 0 Å². The zero-order valence-electron chi connectivity index (χ0n) is 17.2. The van der Waals surface area contributed by atoms with Gasteiger partial charge in [0.1, 0.15) is 5.75 Å². The Kier molecular flexibility index (Phi) is 7.06. The number of rotatable bonds is 8. The largest absolute Gasteiger partial charge is 0.494 e. The minimum absolute atomic E-state index is 0.0436. The number of hydrogen-bond acceptors (Lipinski definition) is 3. The molecule has 1 fully saturated rings. The Balaban J connectivity index is 1.38. The van der Waals surface area contributed by atoms with Crippen LogP contribution in [0.1, 0.15) is 41.7 Å². The van der Waals surface area contributed by atoms with Crippen molar-refractivity contribution in [1.82, 2.24) is 0 Å². The van der Waals surface area contributed by atoms with Gasteiger partial charge in [-0.25, -0.2) is 0 Å². The van der Waals surface area contributed by atoms with Gasteiger partial charge in [-0.1, -0.05) is 66.2 Å². The lowest BCUT2D eigenvalue weighted by atomic mass is 9.99. The van der Waals surface area contributed by atoms with Gasteiger partial charge in [0, 0.05) is 11.4 Å². The molecule has 4 rings (SSSR count). The van der Waals surface area contributed by atoms with Crippen molar-refractivity contribution in [1.29, 1.82) is 0 Å². The molecule has 2 unspecified atom stereocenters. The predicted octanol–water partition coefficient (Wildman–Crippen LogP) is 6.38. The van der Waals surface area contributed by atoms with Crippen LogP contribution in [0.4, 0.5) is 0 Å². The van der Waals surface area contributed by atoms with Crippen LogP contribution in [0.3, 0.4) is 0 Å². The molecule has 0 aromatic heterocycles. The van der Waals surface area contributed by atoms with Crippen LogP contribution in [-0.4, -0.2) is 19.3 Å². The first-order valence-electron chi connectivity index (χ1n) is 10.5. The monoisotopic (exact) mass is 422 g/mol. The molecule has 3 aromatic carbocycles. The molecular formula is C26H27ClO3. The molecular weight excluding hydrogens is 396 g/mol. The molecule has 0 radical (unpaired) electrons. The number of halogens is 1. The molecule has 1 aliphatic heterocycles. The number of benzene rings is 3. The van der Waals surface area contributed by atoms with Crippen molar-refractivity contribution >= 4 is 11.6 Å². The van der Waals surface area contributed by atoms with Gasteiger partial charge in [0.25, 0.3) is 0 Å². The summed E-state index contributed by atoms with van der Waals surface area (Å²) in [5.74, 6) is 0.891. The van der Waals surface area contributed by atoms with Crippen LogP contribution in [0.5, 0.6) is 5.75 Å². The minimum atomic E-state index is 0.0436. The van der Waals surface area contributed by atoms with Crippen molar-refractivity contribution in [3.63, 3.8) is 0 Å². The second-order valence-corrected chi connectivity index (χ2v) is 7.99. The highest BCUT2D eigenvalue weighted by atomic mass is 35.5. The van der Waals surface area contributed by atoms with Gasteiger partial charge < -0.3 is 14.2 Å². The molecule has 0 N–H and O–H groups in total. The van der Waals surface area contributed by atoms with E-state index in [1.54, 1.807) is 0 Å². The topological polar surface area (TPSA) is 27.7 Å². The Labute approximate surface area is 183 Å². The third-order valence-corrected chi connectivity index (χ3v) is 5.73. The van der Waals surface area contributed by atoms with Crippen LogP contribution in [0.15, 0.2) is 72.8 Å². The van der Waals surface area contributed by atoms with Crippen molar-refractivity contribution in [2.24, 2.45) is 0 Å². The zero-order valence-corrected chi connectivity index (χ0v) is 18.0. The average Bonchev–Trinajstić information content (AvgIpc) is 3.25. The van der Waals surface area contributed by atoms with Gasteiger partial charge in [0.15, 0.2) is 0 Å². The molecule has 2 atom stereocenters. The molecule has 0 amide bonds. The summed E-state index contributed by atoms with van der Waals surface area (Å²) in [6, 6.07) is 24.7. The lowest BCUT2D eigenvalue weighted by Crippen LogP contribution is -2.12. The molecule has 30 heavy (non-hydrogen) atoms. The van der Waals surface area contributed by atoms with Gasteiger partial charge in [-0.2, -0.15) is 0 Å². The van der Waals surface area contributed by atoms with Gasteiger partial charge in [0.05, 0.1) is 32.0 Å². The fourth-order valence-electron chi connectivity index (χ4n) is 3.76. The van der Waals surface area contributed by atoms with Gasteiger partial charge >= 0.3 is 0 Å². The summed E-state index contributed by atoms with van der Waals surface area (Å²) in [6.45, 7) is 3.89. The van der Waals surface area contributed by atoms with E-state index in [0.29, 0.717) is 19.8 Å². The second-order valence-electron chi connectivity index (χ2n) is 7.58. The van der Waals surface area contributed by atoms with Gasteiger partial charge in [-0.3, -0.25) is 0 Å². The van der Waals surface area contributed by atoms with Crippen LogP contribution in [-0.2, 0) is 22.5 Å². The van der Waals surface area contributed by atoms with Gasteiger partial charge in [-0.15, -0.1) is 0 Å². The van der Waals surface area contributed by atoms with E-state index in [1.807, 2.05) is 43.3 Å². The summed E-state index contributed by atoms with van der Waals surface area (Å²) in [5, 5.41) is 0.780. The van der Waals surface area contributed by atoms with E-state index in [2.05, 4.69) is 36.4 Å². The van der Waals surface area contributed by atoms with E-state index in [4.69, 9.17) is 25.8 Å². The Morgan fingerprint density at radius 2 is 1.77 bits per heavy atom. The maximum atomic E-state index is 6.49. The molecule has 0 bridgehead atoms. The van der Waals surface area contributed by atoms with Crippen LogP contribution in [0, 0.1) is 0 Å². The van der Waals surface area contributed by atoms with Crippen molar-refractivity contribution in [3.05, 3.63) is 100 Å². The molecule has 4 heteroatoms. The fraction of sp³-hybridized carbons (Fsp3) is 0.308. The molecule has 3 nitrogen and oxygen atoms in total. The smallest absolute Gasteiger partial charge is 0.119 e. The third kappa shape index (κ3) is 5.42. The van der Waals surface area contributed by atoms with Crippen molar-refractivity contribution in [2.45, 2.75) is 38.6 Å². The summed E-state index contributed by atoms with van der Waals surface area (Å²) in [6.07, 6.45) is 1.79. The quantitative estimate of drug-likeness (QED) is 0.421. The summed E-state index contributed by atoms with van der Waals surface area (Å²) in [7, 11) is 0. The van der Waals surface area contributed by atoms with Crippen LogP contribution < -0.4 is 4.74 Å². The summed E-state index contributed by atoms with van der Waals surface area (Å²) in [5.41, 5.74) is 4.65. The summed E-state index contributed by atoms with van der Waals surface area (Å²) < 4.78 is 17.6. The molecule has 1 saturated heterocycles. The highest BCUT2D eigenvalue weighted by molar-refractivity contribution is 6.31. The van der Waals surface area contributed by atoms with Crippen LogP contribution >= 0.6 is 11.6 Å². The second kappa shape index (κ2) is 10.1. The molecule has 1 aliphatic rings. The maximum Gasteiger partial charge on any atom is 0.119 e. The lowest BCUT2D eigenvalue weighted by molar-refractivity contribution is 0.0275. The van der Waals surface area contributed by atoms with E-state index in [9.17, 15) is 0 Å². The highest BCUT2D eigenvalue weighted by Gasteiger charge is 2.27. The van der Waals surface area contributed by atoms with Crippen molar-refractivity contribution < 1.29 is 14.2 Å². The minimum Gasteiger partial charge on any atom is -0.494 e. The first-order valence-corrected chi connectivity index (χ1v) is 10.9. The standard InChI is InChI=1S/C26H27ClO3/c1-2-28-23-11-8-19(9-12-23)14-22-15-21(10-13-25(22)27)26-16-24(18-30-26)29-17-20-6-4-3-5-7-20/h3-13,15,24,26H,2,14,16-18H2,1H3. The first kappa shape index (κ1) is 20.9. The Morgan fingerprint density at radius 1 is 0.967 bits per heavy atom. The number of ether oxygens (including phenoxy) is 3. The van der Waals surface area contributed by atoms with Crippen LogP contribution in [0.2, 0.25) is 5.02 Å². The lowest BCUT2D eigenvalue weighted by Gasteiger charge is -2.14.